The highest BCUT2D eigenvalue weighted by molar-refractivity contribution is 6.09. The van der Waals surface area contributed by atoms with E-state index in [1.807, 2.05) is 0 Å². The van der Waals surface area contributed by atoms with E-state index in [1.54, 1.807) is 13.0 Å². The number of halogens is 4. The minimum atomic E-state index is -4.71. The molecule has 2 atom stereocenters. The summed E-state index contributed by atoms with van der Waals surface area (Å²) in [6.45, 7) is 0.571. The molecule has 0 bridgehead atoms. The third kappa shape index (κ3) is 4.21. The van der Waals surface area contributed by atoms with E-state index in [9.17, 15) is 27.5 Å². The van der Waals surface area contributed by atoms with E-state index in [4.69, 9.17) is 5.73 Å². The number of pyridine rings is 1. The normalized spacial score (nSPS) is 17.1. The molecule has 4 rings (SSSR count). The van der Waals surface area contributed by atoms with E-state index < -0.39 is 36.1 Å². The molecule has 0 radical (unpaired) electrons. The Hall–Kier alpha value is -3.67. The molecule has 1 aliphatic rings. The molecule has 1 amide bonds. The van der Waals surface area contributed by atoms with E-state index in [0.29, 0.717) is 5.56 Å². The number of carbonyl (C=O) groups excluding carboxylic acids is 1. The molecule has 0 saturated carbocycles. The van der Waals surface area contributed by atoms with Crippen LogP contribution in [0.4, 0.5) is 34.8 Å². The molecule has 12 heteroatoms. The molecule has 0 fully saturated rings. The largest absolute Gasteiger partial charge is 0.416 e. The highest BCUT2D eigenvalue weighted by Gasteiger charge is 2.36. The van der Waals surface area contributed by atoms with Crippen LogP contribution in [0.3, 0.4) is 0 Å². The lowest BCUT2D eigenvalue weighted by atomic mass is 10.0. The van der Waals surface area contributed by atoms with Crippen LogP contribution in [0.15, 0.2) is 42.7 Å². The van der Waals surface area contributed by atoms with E-state index in [0.717, 1.165) is 18.2 Å². The third-order valence-electron chi connectivity index (χ3n) is 5.37. The van der Waals surface area contributed by atoms with Gasteiger partial charge in [0, 0.05) is 24.0 Å². The first-order valence-corrected chi connectivity index (χ1v) is 9.91. The summed E-state index contributed by atoms with van der Waals surface area (Å²) in [5.41, 5.74) is 4.77. The number of aliphatic hydroxyl groups excluding tert-OH is 1. The SMILES string of the molecule is C[C@H]1CN(c2ccc(C(F)(F)F)c(CF)c2)C(=O)c2c(NC(O)c3ccc(N)nc3)cnn21. The van der Waals surface area contributed by atoms with Crippen LogP contribution < -0.4 is 16.0 Å². The van der Waals surface area contributed by atoms with Crippen molar-refractivity contribution in [1.82, 2.24) is 14.8 Å². The maximum atomic E-state index is 13.4. The van der Waals surface area contributed by atoms with Crippen molar-refractivity contribution >= 4 is 23.1 Å². The van der Waals surface area contributed by atoms with Gasteiger partial charge in [-0.25, -0.2) is 9.37 Å². The fraction of sp³-hybridized carbons (Fsp3) is 0.286. The number of benzene rings is 1. The lowest BCUT2D eigenvalue weighted by Gasteiger charge is -2.33. The molecule has 1 aliphatic heterocycles. The minimum Gasteiger partial charge on any atom is -0.384 e. The Bertz CT molecular complexity index is 1180. The molecule has 4 N–H and O–H groups in total. The van der Waals surface area contributed by atoms with Crippen molar-refractivity contribution in [2.24, 2.45) is 0 Å². The number of nitrogens with two attached hydrogens (primary N) is 1. The molecule has 8 nitrogen and oxygen atoms in total. The van der Waals surface area contributed by atoms with Crippen molar-refractivity contribution in [3.8, 4) is 0 Å². The third-order valence-corrected chi connectivity index (χ3v) is 5.37. The van der Waals surface area contributed by atoms with Gasteiger partial charge in [-0.15, -0.1) is 0 Å². The van der Waals surface area contributed by atoms with Gasteiger partial charge in [0.1, 0.15) is 18.2 Å². The van der Waals surface area contributed by atoms with Crippen molar-refractivity contribution in [3.05, 3.63) is 65.1 Å². The minimum absolute atomic E-state index is 0.109. The van der Waals surface area contributed by atoms with E-state index in [1.165, 1.54) is 28.0 Å². The zero-order chi connectivity index (χ0) is 23.9. The zero-order valence-corrected chi connectivity index (χ0v) is 17.3. The van der Waals surface area contributed by atoms with Crippen LogP contribution in [0.1, 0.15) is 46.4 Å². The van der Waals surface area contributed by atoms with Gasteiger partial charge < -0.3 is 21.1 Å². The lowest BCUT2D eigenvalue weighted by Crippen LogP contribution is -2.43. The molecule has 174 valence electrons. The lowest BCUT2D eigenvalue weighted by molar-refractivity contribution is -0.138. The number of nitrogens with zero attached hydrogens (tertiary/aromatic N) is 4. The molecule has 3 heterocycles. The maximum Gasteiger partial charge on any atom is 0.416 e. The average Bonchev–Trinajstić information content (AvgIpc) is 3.20. The summed E-state index contributed by atoms with van der Waals surface area (Å²) in [5, 5.41) is 17.5. The molecular formula is C21H20F4N6O2. The Morgan fingerprint density at radius 2 is 2.03 bits per heavy atom. The van der Waals surface area contributed by atoms with Crippen molar-refractivity contribution in [2.75, 3.05) is 22.5 Å². The van der Waals surface area contributed by atoms with Gasteiger partial charge in [-0.1, -0.05) is 0 Å². The summed E-state index contributed by atoms with van der Waals surface area (Å²) in [6.07, 6.45) is -3.18. The number of hydrogen-bond donors (Lipinski definition) is 3. The monoisotopic (exact) mass is 464 g/mol. The fourth-order valence-electron chi connectivity index (χ4n) is 3.73. The highest BCUT2D eigenvalue weighted by atomic mass is 19.4. The molecule has 3 aromatic rings. The van der Waals surface area contributed by atoms with Gasteiger partial charge in [0.25, 0.3) is 5.91 Å². The first kappa shape index (κ1) is 22.5. The van der Waals surface area contributed by atoms with Crippen LogP contribution in [0.25, 0.3) is 0 Å². The number of alkyl halides is 4. The van der Waals surface area contributed by atoms with Crippen LogP contribution in [-0.2, 0) is 12.9 Å². The van der Waals surface area contributed by atoms with Crippen molar-refractivity contribution in [3.63, 3.8) is 0 Å². The van der Waals surface area contributed by atoms with Crippen LogP contribution in [0.5, 0.6) is 0 Å². The first-order valence-electron chi connectivity index (χ1n) is 9.91. The van der Waals surface area contributed by atoms with E-state index in [-0.39, 0.29) is 35.5 Å². The summed E-state index contributed by atoms with van der Waals surface area (Å²) < 4.78 is 54.2. The second-order valence-corrected chi connectivity index (χ2v) is 7.65. The Kier molecular flexibility index (Phi) is 5.70. The quantitative estimate of drug-likeness (QED) is 0.393. The van der Waals surface area contributed by atoms with Crippen LogP contribution in [-0.4, -0.2) is 32.3 Å². The number of nitrogens with one attached hydrogen (secondary N) is 1. The summed E-state index contributed by atoms with van der Waals surface area (Å²) in [5.74, 6) is -0.280. The predicted octanol–water partition coefficient (Wildman–Crippen LogP) is 3.67. The van der Waals surface area contributed by atoms with Crippen molar-refractivity contribution < 1.29 is 27.5 Å². The molecule has 33 heavy (non-hydrogen) atoms. The van der Waals surface area contributed by atoms with Gasteiger partial charge in [-0.05, 0) is 42.8 Å². The van der Waals surface area contributed by atoms with Crippen molar-refractivity contribution in [2.45, 2.75) is 32.0 Å². The van der Waals surface area contributed by atoms with Crippen LogP contribution >= 0.6 is 0 Å². The van der Waals surface area contributed by atoms with Crippen LogP contribution in [0.2, 0.25) is 0 Å². The average molecular weight is 464 g/mol. The van der Waals surface area contributed by atoms with Gasteiger partial charge >= 0.3 is 6.18 Å². The molecule has 1 aromatic carbocycles. The Labute approximate surface area is 185 Å². The number of nitrogen functional groups attached to an aromatic ring is 1. The topological polar surface area (TPSA) is 109 Å². The van der Waals surface area contributed by atoms with Gasteiger partial charge in [-0.2, -0.15) is 18.3 Å². The number of aliphatic hydroxyl groups is 1. The second-order valence-electron chi connectivity index (χ2n) is 7.65. The second kappa shape index (κ2) is 8.35. The number of aromatic nitrogens is 3. The van der Waals surface area contributed by atoms with E-state index >= 15 is 0 Å². The molecule has 0 spiro atoms. The zero-order valence-electron chi connectivity index (χ0n) is 17.3. The molecular weight excluding hydrogens is 444 g/mol. The number of anilines is 3. The van der Waals surface area contributed by atoms with Crippen molar-refractivity contribution in [1.29, 1.82) is 0 Å². The fourth-order valence-corrected chi connectivity index (χ4v) is 3.73. The number of hydrogen-bond acceptors (Lipinski definition) is 6. The highest BCUT2D eigenvalue weighted by Crippen LogP contribution is 2.36. The van der Waals surface area contributed by atoms with Gasteiger partial charge in [0.15, 0.2) is 6.23 Å². The van der Waals surface area contributed by atoms with Gasteiger partial charge in [0.2, 0.25) is 0 Å². The first-order chi connectivity index (χ1) is 15.6. The number of amides is 1. The van der Waals surface area contributed by atoms with Gasteiger partial charge in [-0.3, -0.25) is 9.48 Å². The number of fused-ring (bicyclic) bond motifs is 1. The summed E-state index contributed by atoms with van der Waals surface area (Å²) in [7, 11) is 0. The van der Waals surface area contributed by atoms with Gasteiger partial charge in [0.05, 0.1) is 23.5 Å². The standard InChI is InChI=1S/C21H20F4N6O2/c1-11-10-30(14-3-4-15(21(23,24)25)13(6-14)7-22)20(33)18-16(9-28-31(11)18)29-19(32)12-2-5-17(26)27-8-12/h2-6,8-9,11,19,29,32H,7,10H2,1H3,(H2,26,27)/t11-,19?/m0/s1. The molecule has 0 aliphatic carbocycles. The number of rotatable bonds is 5. The Morgan fingerprint density at radius 3 is 2.67 bits per heavy atom. The maximum absolute atomic E-state index is 13.4. The predicted molar refractivity (Wildman–Crippen MR) is 112 cm³/mol. The summed E-state index contributed by atoms with van der Waals surface area (Å²) in [4.78, 5) is 18.5. The summed E-state index contributed by atoms with van der Waals surface area (Å²) in [6, 6.07) is 5.68. The Balaban J connectivity index is 1.66. The number of carbonyl (C=O) groups is 1. The smallest absolute Gasteiger partial charge is 0.384 e. The molecule has 2 aromatic heterocycles. The molecule has 0 saturated heterocycles. The summed E-state index contributed by atoms with van der Waals surface area (Å²) >= 11 is 0. The Morgan fingerprint density at radius 1 is 1.27 bits per heavy atom. The van der Waals surface area contributed by atoms with Crippen LogP contribution in [0, 0.1) is 0 Å². The van der Waals surface area contributed by atoms with E-state index in [2.05, 4.69) is 15.4 Å². The molecule has 1 unspecified atom stereocenters.